The zero-order valence-electron chi connectivity index (χ0n) is 15.1. The lowest BCUT2D eigenvalue weighted by Gasteiger charge is -2.30. The lowest BCUT2D eigenvalue weighted by molar-refractivity contribution is -0.384. The number of nitro benzene ring substituents is 1. The van der Waals surface area contributed by atoms with Crippen LogP contribution in [0.1, 0.15) is 41.6 Å². The molecule has 2 aromatic carbocycles. The fourth-order valence-electron chi connectivity index (χ4n) is 3.81. The molecular formula is C20H22FN3O3. The van der Waals surface area contributed by atoms with Gasteiger partial charge in [0.1, 0.15) is 11.5 Å². The molecule has 6 nitrogen and oxygen atoms in total. The second-order valence-electron chi connectivity index (χ2n) is 6.92. The molecule has 1 aliphatic rings. The van der Waals surface area contributed by atoms with Crippen LogP contribution in [0.5, 0.6) is 0 Å². The van der Waals surface area contributed by atoms with Gasteiger partial charge in [0.25, 0.3) is 11.6 Å². The quantitative estimate of drug-likeness (QED) is 0.593. The molecule has 0 saturated heterocycles. The molecule has 3 rings (SSSR count). The van der Waals surface area contributed by atoms with Gasteiger partial charge in [-0.1, -0.05) is 25.0 Å². The first-order valence-corrected chi connectivity index (χ1v) is 8.96. The fraction of sp³-hybridized carbons (Fsp3) is 0.350. The summed E-state index contributed by atoms with van der Waals surface area (Å²) in [6, 6.07) is 10.8. The van der Waals surface area contributed by atoms with E-state index >= 15 is 0 Å². The van der Waals surface area contributed by atoms with Crippen LogP contribution in [0.3, 0.4) is 0 Å². The molecule has 1 amide bonds. The lowest BCUT2D eigenvalue weighted by atomic mass is 9.78. The van der Waals surface area contributed by atoms with Crippen LogP contribution >= 0.6 is 0 Å². The van der Waals surface area contributed by atoms with Gasteiger partial charge in [-0.3, -0.25) is 14.9 Å². The zero-order chi connectivity index (χ0) is 19.4. The molecule has 7 heteroatoms. The van der Waals surface area contributed by atoms with Crippen molar-refractivity contribution in [3.05, 3.63) is 69.5 Å². The maximum absolute atomic E-state index is 13.3. The van der Waals surface area contributed by atoms with E-state index in [1.54, 1.807) is 25.2 Å². The van der Waals surface area contributed by atoms with Gasteiger partial charge in [-0.15, -0.1) is 0 Å². The molecule has 0 spiro atoms. The average Bonchev–Trinajstić information content (AvgIpc) is 3.16. The number of anilines is 1. The van der Waals surface area contributed by atoms with Crippen LogP contribution in [0.25, 0.3) is 0 Å². The molecule has 1 saturated carbocycles. The van der Waals surface area contributed by atoms with Crippen molar-refractivity contribution in [2.24, 2.45) is 0 Å². The number of carbonyl (C=O) groups is 1. The summed E-state index contributed by atoms with van der Waals surface area (Å²) in [7, 11) is 1.59. The van der Waals surface area contributed by atoms with Crippen LogP contribution in [-0.4, -0.2) is 24.4 Å². The second kappa shape index (κ2) is 7.73. The number of carbonyl (C=O) groups excluding carboxylic acids is 1. The summed E-state index contributed by atoms with van der Waals surface area (Å²) in [5.41, 5.74) is 1.25. The average molecular weight is 371 g/mol. The van der Waals surface area contributed by atoms with Crippen LogP contribution in [-0.2, 0) is 5.41 Å². The highest BCUT2D eigenvalue weighted by atomic mass is 19.1. The lowest BCUT2D eigenvalue weighted by Crippen LogP contribution is -2.39. The molecular weight excluding hydrogens is 349 g/mol. The Morgan fingerprint density at radius 1 is 1.19 bits per heavy atom. The van der Waals surface area contributed by atoms with E-state index in [9.17, 15) is 19.3 Å². The summed E-state index contributed by atoms with van der Waals surface area (Å²) in [4.78, 5) is 23.3. The maximum Gasteiger partial charge on any atom is 0.293 e. The normalized spacial score (nSPS) is 15.3. The van der Waals surface area contributed by atoms with Gasteiger partial charge in [-0.2, -0.15) is 0 Å². The van der Waals surface area contributed by atoms with Crippen molar-refractivity contribution in [3.8, 4) is 0 Å². The Hall–Kier alpha value is -2.96. The van der Waals surface area contributed by atoms with E-state index < -0.39 is 4.92 Å². The first-order chi connectivity index (χ1) is 12.9. The summed E-state index contributed by atoms with van der Waals surface area (Å²) < 4.78 is 13.3. The van der Waals surface area contributed by atoms with Crippen molar-refractivity contribution in [2.75, 3.05) is 18.9 Å². The Morgan fingerprint density at radius 2 is 1.85 bits per heavy atom. The Labute approximate surface area is 156 Å². The van der Waals surface area contributed by atoms with Crippen LogP contribution in [0.2, 0.25) is 0 Å². The van der Waals surface area contributed by atoms with Gasteiger partial charge in [-0.05, 0) is 42.7 Å². The molecule has 142 valence electrons. The summed E-state index contributed by atoms with van der Waals surface area (Å²) >= 11 is 0. The monoisotopic (exact) mass is 371 g/mol. The van der Waals surface area contributed by atoms with Crippen LogP contribution < -0.4 is 10.6 Å². The molecule has 1 fully saturated rings. The highest BCUT2D eigenvalue weighted by Gasteiger charge is 2.36. The number of nitrogens with zero attached hydrogens (tertiary/aromatic N) is 1. The van der Waals surface area contributed by atoms with Crippen molar-refractivity contribution in [1.29, 1.82) is 0 Å². The van der Waals surface area contributed by atoms with Crippen LogP contribution in [0, 0.1) is 15.9 Å². The van der Waals surface area contributed by atoms with E-state index in [0.29, 0.717) is 12.2 Å². The largest absolute Gasteiger partial charge is 0.383 e. The summed E-state index contributed by atoms with van der Waals surface area (Å²) in [5, 5.41) is 16.9. The van der Waals surface area contributed by atoms with Crippen molar-refractivity contribution in [1.82, 2.24) is 5.32 Å². The van der Waals surface area contributed by atoms with Gasteiger partial charge in [0.2, 0.25) is 0 Å². The smallest absolute Gasteiger partial charge is 0.293 e. The van der Waals surface area contributed by atoms with Gasteiger partial charge < -0.3 is 10.6 Å². The predicted octanol–water partition coefficient (Wildman–Crippen LogP) is 4.02. The number of rotatable bonds is 6. The molecule has 0 unspecified atom stereocenters. The number of nitrogens with one attached hydrogen (secondary N) is 2. The first-order valence-electron chi connectivity index (χ1n) is 8.96. The Balaban J connectivity index is 1.78. The molecule has 27 heavy (non-hydrogen) atoms. The third kappa shape index (κ3) is 3.92. The zero-order valence-corrected chi connectivity index (χ0v) is 15.1. The standard InChI is InChI=1S/C20H22FN3O3/c1-22-17-9-4-14(12-18(17)24(26)27)19(25)23-13-20(10-2-3-11-20)15-5-7-16(21)8-6-15/h4-9,12,22H,2-3,10-11,13H2,1H3,(H,23,25). The summed E-state index contributed by atoms with van der Waals surface area (Å²) in [5.74, 6) is -0.637. The maximum atomic E-state index is 13.3. The second-order valence-corrected chi connectivity index (χ2v) is 6.92. The number of nitro groups is 1. The topological polar surface area (TPSA) is 84.3 Å². The van der Waals surface area contributed by atoms with Crippen molar-refractivity contribution < 1.29 is 14.1 Å². The van der Waals surface area contributed by atoms with E-state index in [4.69, 9.17) is 0 Å². The van der Waals surface area contributed by atoms with Gasteiger partial charge in [0, 0.05) is 30.6 Å². The summed E-state index contributed by atoms with van der Waals surface area (Å²) in [6.45, 7) is 0.416. The predicted molar refractivity (Wildman–Crippen MR) is 102 cm³/mol. The third-order valence-corrected chi connectivity index (χ3v) is 5.33. The molecule has 0 aromatic heterocycles. The molecule has 0 radical (unpaired) electrons. The number of halogens is 1. The van der Waals surface area contributed by atoms with Crippen molar-refractivity contribution in [2.45, 2.75) is 31.1 Å². The third-order valence-electron chi connectivity index (χ3n) is 5.33. The minimum absolute atomic E-state index is 0.140. The van der Waals surface area contributed by atoms with Crippen LogP contribution in [0.4, 0.5) is 15.8 Å². The number of hydrogen-bond acceptors (Lipinski definition) is 4. The van der Waals surface area contributed by atoms with Gasteiger partial charge in [-0.25, -0.2) is 4.39 Å². The van der Waals surface area contributed by atoms with E-state index in [1.165, 1.54) is 24.3 Å². The fourth-order valence-corrected chi connectivity index (χ4v) is 3.81. The molecule has 0 heterocycles. The van der Waals surface area contributed by atoms with Gasteiger partial charge in [0.05, 0.1) is 4.92 Å². The first kappa shape index (κ1) is 18.8. The van der Waals surface area contributed by atoms with Gasteiger partial charge >= 0.3 is 0 Å². The minimum Gasteiger partial charge on any atom is -0.383 e. The van der Waals surface area contributed by atoms with Crippen molar-refractivity contribution >= 4 is 17.3 Å². The van der Waals surface area contributed by atoms with Crippen LogP contribution in [0.15, 0.2) is 42.5 Å². The Morgan fingerprint density at radius 3 is 2.44 bits per heavy atom. The molecule has 1 aliphatic carbocycles. The number of benzene rings is 2. The Kier molecular flexibility index (Phi) is 5.39. The van der Waals surface area contributed by atoms with E-state index in [-0.39, 0.29) is 28.4 Å². The van der Waals surface area contributed by atoms with E-state index in [0.717, 1.165) is 31.2 Å². The molecule has 2 N–H and O–H groups in total. The van der Waals surface area contributed by atoms with E-state index in [2.05, 4.69) is 10.6 Å². The molecule has 0 atom stereocenters. The van der Waals surface area contributed by atoms with Gasteiger partial charge in [0.15, 0.2) is 0 Å². The minimum atomic E-state index is -0.514. The molecule has 0 bridgehead atoms. The SMILES string of the molecule is CNc1ccc(C(=O)NCC2(c3ccc(F)cc3)CCCC2)cc1[N+](=O)[O-]. The number of hydrogen-bond donors (Lipinski definition) is 2. The van der Waals surface area contributed by atoms with E-state index in [1.807, 2.05) is 0 Å². The highest BCUT2D eigenvalue weighted by molar-refractivity contribution is 5.95. The molecule has 2 aromatic rings. The number of amides is 1. The Bertz CT molecular complexity index is 846. The highest BCUT2D eigenvalue weighted by Crippen LogP contribution is 2.40. The summed E-state index contributed by atoms with van der Waals surface area (Å²) in [6.07, 6.45) is 3.93. The van der Waals surface area contributed by atoms with Crippen molar-refractivity contribution in [3.63, 3.8) is 0 Å². The molecule has 0 aliphatic heterocycles.